The number of anilines is 1. The number of hydrogen-bond acceptors (Lipinski definition) is 4. The Morgan fingerprint density at radius 1 is 1.11 bits per heavy atom. The zero-order chi connectivity index (χ0) is 19.3. The van der Waals surface area contributed by atoms with Crippen LogP contribution in [-0.4, -0.2) is 35.5 Å². The molecule has 0 radical (unpaired) electrons. The minimum absolute atomic E-state index is 0.00420. The molecule has 1 aliphatic rings. The summed E-state index contributed by atoms with van der Waals surface area (Å²) in [6.07, 6.45) is 0.842. The number of benzene rings is 2. The van der Waals surface area contributed by atoms with Gasteiger partial charge < -0.3 is 10.2 Å². The second-order valence-corrected chi connectivity index (χ2v) is 8.21. The van der Waals surface area contributed by atoms with Crippen LogP contribution in [0, 0.1) is 0 Å². The molecule has 5 heteroatoms. The predicted molar refractivity (Wildman–Crippen MR) is 118 cm³/mol. The van der Waals surface area contributed by atoms with Gasteiger partial charge in [-0.05, 0) is 24.1 Å². The van der Waals surface area contributed by atoms with Crippen LogP contribution in [0.1, 0.15) is 35.3 Å². The lowest BCUT2D eigenvalue weighted by molar-refractivity contribution is 0.0937. The molecule has 1 unspecified atom stereocenters. The first-order valence-corrected chi connectivity index (χ1v) is 11.0. The third-order valence-corrected chi connectivity index (χ3v) is 6.14. The molecule has 0 spiro atoms. The first kappa shape index (κ1) is 18.8. The van der Waals surface area contributed by atoms with Crippen molar-refractivity contribution in [1.82, 2.24) is 10.3 Å². The number of carbonyl (C=O) groups is 1. The smallest absolute Gasteiger partial charge is 0.252 e. The van der Waals surface area contributed by atoms with Crippen molar-refractivity contribution in [1.29, 1.82) is 0 Å². The molecule has 28 heavy (non-hydrogen) atoms. The number of carbonyl (C=O) groups excluding carboxylic acids is 1. The maximum Gasteiger partial charge on any atom is 0.252 e. The van der Waals surface area contributed by atoms with Crippen molar-refractivity contribution in [2.75, 3.05) is 29.5 Å². The Morgan fingerprint density at radius 3 is 2.57 bits per heavy atom. The van der Waals surface area contributed by atoms with Gasteiger partial charge in [0, 0.05) is 30.0 Å². The van der Waals surface area contributed by atoms with E-state index in [0.29, 0.717) is 5.56 Å². The van der Waals surface area contributed by atoms with E-state index in [0.717, 1.165) is 53.3 Å². The van der Waals surface area contributed by atoms with Gasteiger partial charge in [-0.3, -0.25) is 4.79 Å². The largest absolute Gasteiger partial charge is 0.355 e. The lowest BCUT2D eigenvalue weighted by Crippen LogP contribution is -2.34. The van der Waals surface area contributed by atoms with Crippen molar-refractivity contribution in [2.45, 2.75) is 19.4 Å². The Morgan fingerprint density at radius 2 is 1.82 bits per heavy atom. The van der Waals surface area contributed by atoms with Crippen molar-refractivity contribution < 1.29 is 4.79 Å². The predicted octanol–water partition coefficient (Wildman–Crippen LogP) is 4.67. The summed E-state index contributed by atoms with van der Waals surface area (Å²) in [5.74, 6) is 3.06. The number of pyridine rings is 1. The van der Waals surface area contributed by atoms with Gasteiger partial charge in [0.15, 0.2) is 0 Å². The summed E-state index contributed by atoms with van der Waals surface area (Å²) in [4.78, 5) is 20.4. The molecule has 1 fully saturated rings. The van der Waals surface area contributed by atoms with Gasteiger partial charge in [-0.15, -0.1) is 0 Å². The number of thioether (sulfide) groups is 1. The molecule has 3 aromatic rings. The monoisotopic (exact) mass is 391 g/mol. The van der Waals surface area contributed by atoms with E-state index in [4.69, 9.17) is 4.98 Å². The topological polar surface area (TPSA) is 45.2 Å². The molecule has 1 saturated heterocycles. The van der Waals surface area contributed by atoms with Gasteiger partial charge in [-0.2, -0.15) is 11.8 Å². The van der Waals surface area contributed by atoms with Crippen LogP contribution in [-0.2, 0) is 0 Å². The molecule has 1 amide bonds. The third kappa shape index (κ3) is 3.99. The van der Waals surface area contributed by atoms with E-state index >= 15 is 0 Å². The number of hydrogen-bond donors (Lipinski definition) is 1. The van der Waals surface area contributed by atoms with E-state index in [1.54, 1.807) is 0 Å². The van der Waals surface area contributed by atoms with Gasteiger partial charge in [0.05, 0.1) is 17.1 Å². The zero-order valence-electron chi connectivity index (χ0n) is 16.1. The van der Waals surface area contributed by atoms with Gasteiger partial charge in [0.25, 0.3) is 5.91 Å². The van der Waals surface area contributed by atoms with Crippen molar-refractivity contribution in [3.05, 3.63) is 71.8 Å². The number of rotatable bonds is 5. The minimum atomic E-state index is -0.0399. The van der Waals surface area contributed by atoms with Crippen LogP contribution in [0.25, 0.3) is 10.9 Å². The highest BCUT2D eigenvalue weighted by Crippen LogP contribution is 2.26. The lowest BCUT2D eigenvalue weighted by atomic mass is 10.0. The molecule has 4 rings (SSSR count). The molecule has 2 aromatic carbocycles. The van der Waals surface area contributed by atoms with Crippen LogP contribution in [0.4, 0.5) is 5.82 Å². The van der Waals surface area contributed by atoms with E-state index < -0.39 is 0 Å². The molecule has 2 heterocycles. The Balaban J connectivity index is 1.68. The fourth-order valence-electron chi connectivity index (χ4n) is 3.65. The van der Waals surface area contributed by atoms with Crippen LogP contribution in [0.15, 0.2) is 60.7 Å². The maximum absolute atomic E-state index is 13.3. The Labute approximate surface area is 170 Å². The first-order chi connectivity index (χ1) is 13.8. The van der Waals surface area contributed by atoms with Gasteiger partial charge in [0.1, 0.15) is 5.82 Å². The molecule has 0 bridgehead atoms. The first-order valence-electron chi connectivity index (χ1n) is 9.84. The molecular formula is C23H25N3OS. The van der Waals surface area contributed by atoms with Gasteiger partial charge in [0.2, 0.25) is 0 Å². The number of para-hydroxylation sites is 1. The summed E-state index contributed by atoms with van der Waals surface area (Å²) in [5, 5.41) is 4.13. The van der Waals surface area contributed by atoms with Crippen molar-refractivity contribution in [3.8, 4) is 0 Å². The second-order valence-electron chi connectivity index (χ2n) is 6.99. The number of nitrogens with one attached hydrogen (secondary N) is 1. The molecule has 144 valence electrons. The fraction of sp³-hybridized carbons (Fsp3) is 0.304. The average molecular weight is 392 g/mol. The Hall–Kier alpha value is -2.53. The summed E-state index contributed by atoms with van der Waals surface area (Å²) in [6.45, 7) is 4.04. The Bertz CT molecular complexity index is 954. The van der Waals surface area contributed by atoms with Crippen LogP contribution in [0.2, 0.25) is 0 Å². The number of aromatic nitrogens is 1. The highest BCUT2D eigenvalue weighted by molar-refractivity contribution is 7.99. The van der Waals surface area contributed by atoms with Gasteiger partial charge in [-0.1, -0.05) is 55.5 Å². The van der Waals surface area contributed by atoms with Gasteiger partial charge >= 0.3 is 0 Å². The lowest BCUT2D eigenvalue weighted by Gasteiger charge is -2.28. The van der Waals surface area contributed by atoms with Crippen molar-refractivity contribution in [2.24, 2.45) is 0 Å². The van der Waals surface area contributed by atoms with E-state index in [1.165, 1.54) is 0 Å². The summed E-state index contributed by atoms with van der Waals surface area (Å²) in [5.41, 5.74) is 2.70. The average Bonchev–Trinajstić information content (AvgIpc) is 2.77. The molecule has 0 aliphatic carbocycles. The maximum atomic E-state index is 13.3. The summed E-state index contributed by atoms with van der Waals surface area (Å²) >= 11 is 1.97. The van der Waals surface area contributed by atoms with E-state index in [2.05, 4.69) is 29.3 Å². The normalized spacial score (nSPS) is 15.4. The minimum Gasteiger partial charge on any atom is -0.355 e. The highest BCUT2D eigenvalue weighted by atomic mass is 32.2. The third-order valence-electron chi connectivity index (χ3n) is 5.20. The Kier molecular flexibility index (Phi) is 5.81. The second kappa shape index (κ2) is 8.65. The highest BCUT2D eigenvalue weighted by Gasteiger charge is 2.20. The van der Waals surface area contributed by atoms with Crippen LogP contribution in [0.5, 0.6) is 0 Å². The van der Waals surface area contributed by atoms with E-state index in [-0.39, 0.29) is 11.9 Å². The summed E-state index contributed by atoms with van der Waals surface area (Å²) in [6, 6.07) is 20.0. The number of nitrogens with zero attached hydrogens (tertiary/aromatic N) is 2. The molecule has 1 aromatic heterocycles. The number of fused-ring (bicyclic) bond motifs is 1. The van der Waals surface area contributed by atoms with Crippen LogP contribution in [0.3, 0.4) is 0 Å². The van der Waals surface area contributed by atoms with E-state index in [9.17, 15) is 4.79 Å². The molecule has 1 N–H and O–H groups in total. The van der Waals surface area contributed by atoms with Crippen LogP contribution >= 0.6 is 11.8 Å². The van der Waals surface area contributed by atoms with E-state index in [1.807, 2.05) is 60.3 Å². The summed E-state index contributed by atoms with van der Waals surface area (Å²) in [7, 11) is 0. The molecule has 0 saturated carbocycles. The van der Waals surface area contributed by atoms with Crippen molar-refractivity contribution >= 4 is 34.4 Å². The molecule has 1 atom stereocenters. The van der Waals surface area contributed by atoms with Crippen molar-refractivity contribution in [3.63, 3.8) is 0 Å². The number of amides is 1. The quantitative estimate of drug-likeness (QED) is 0.687. The SMILES string of the molecule is CCC(NC(=O)c1cc(N2CCSCC2)nc2ccccc12)c1ccccc1. The standard InChI is InChI=1S/C23H25N3OS/c1-2-20(17-8-4-3-5-9-17)25-23(27)19-16-22(26-12-14-28-15-13-26)24-21-11-7-6-10-18(19)21/h3-11,16,20H,2,12-15H2,1H3,(H,25,27). The zero-order valence-corrected chi connectivity index (χ0v) is 16.9. The van der Waals surface area contributed by atoms with Crippen LogP contribution < -0.4 is 10.2 Å². The molecule has 4 nitrogen and oxygen atoms in total. The molecule has 1 aliphatic heterocycles. The molecular weight excluding hydrogens is 366 g/mol. The fourth-order valence-corrected chi connectivity index (χ4v) is 4.55. The van der Waals surface area contributed by atoms with Gasteiger partial charge in [-0.25, -0.2) is 4.98 Å². The summed E-state index contributed by atoms with van der Waals surface area (Å²) < 4.78 is 0.